The topological polar surface area (TPSA) is 95.3 Å². The predicted octanol–water partition coefficient (Wildman–Crippen LogP) is 6.79. The molecule has 0 bridgehead atoms. The lowest BCUT2D eigenvalue weighted by Crippen LogP contribution is -2.30. The first-order valence-electron chi connectivity index (χ1n) is 11.2. The Labute approximate surface area is 177 Å². The van der Waals surface area contributed by atoms with Crippen molar-refractivity contribution in [1.82, 2.24) is 0 Å². The number of aliphatic hydroxyl groups excluding tert-OH is 1. The molecule has 0 aliphatic rings. The largest absolute Gasteiger partial charge is 0.458 e. The molecule has 0 aromatic carbocycles. The van der Waals surface area contributed by atoms with E-state index >= 15 is 0 Å². The van der Waals surface area contributed by atoms with Gasteiger partial charge in [0.25, 0.3) is 0 Å². The van der Waals surface area contributed by atoms with Crippen LogP contribution in [0.15, 0.2) is 28.9 Å². The third kappa shape index (κ3) is 16.8. The molecule has 0 radical (unpaired) electrons. The zero-order chi connectivity index (χ0) is 21.7. The molecule has 2 atom stereocenters. The average Bonchev–Trinajstić information content (AvgIpc) is 2.69. The molecule has 6 nitrogen and oxygen atoms in total. The first kappa shape index (κ1) is 27.2. The van der Waals surface area contributed by atoms with Crippen molar-refractivity contribution in [3.63, 3.8) is 0 Å². The van der Waals surface area contributed by atoms with E-state index in [1.807, 2.05) is 6.08 Å². The number of azide groups is 1. The van der Waals surface area contributed by atoms with E-state index in [1.165, 1.54) is 70.3 Å². The highest BCUT2D eigenvalue weighted by atomic mass is 16.5. The van der Waals surface area contributed by atoms with Crippen LogP contribution in [0.2, 0.25) is 0 Å². The summed E-state index contributed by atoms with van der Waals surface area (Å²) in [6.45, 7) is 5.36. The third-order valence-corrected chi connectivity index (χ3v) is 4.89. The average molecular weight is 408 g/mol. The number of hydrogen-bond acceptors (Lipinski definition) is 4. The van der Waals surface area contributed by atoms with E-state index in [0.29, 0.717) is 0 Å². The Kier molecular flexibility index (Phi) is 18.3. The van der Waals surface area contributed by atoms with Crippen LogP contribution in [0.25, 0.3) is 10.4 Å². The Balaban J connectivity index is 4.03. The van der Waals surface area contributed by atoms with Gasteiger partial charge in [0.2, 0.25) is 0 Å². The number of nitrogens with zero attached hydrogens (tertiary/aromatic N) is 3. The highest BCUT2D eigenvalue weighted by Gasteiger charge is 2.19. The number of ether oxygens (including phenoxy) is 1. The number of aliphatic hydroxyl groups is 1. The molecule has 0 amide bonds. The first-order chi connectivity index (χ1) is 14.0. The van der Waals surface area contributed by atoms with E-state index in [9.17, 15) is 9.90 Å². The van der Waals surface area contributed by atoms with Crippen LogP contribution in [0.4, 0.5) is 0 Å². The van der Waals surface area contributed by atoms with Gasteiger partial charge in [0.1, 0.15) is 12.1 Å². The third-order valence-electron chi connectivity index (χ3n) is 4.89. The minimum Gasteiger partial charge on any atom is -0.458 e. The Morgan fingerprint density at radius 1 is 1.07 bits per heavy atom. The highest BCUT2D eigenvalue weighted by Crippen LogP contribution is 2.14. The van der Waals surface area contributed by atoms with Gasteiger partial charge in [-0.05, 0) is 44.2 Å². The van der Waals surface area contributed by atoms with Gasteiger partial charge >= 0.3 is 5.97 Å². The van der Waals surface area contributed by atoms with Crippen molar-refractivity contribution < 1.29 is 14.6 Å². The van der Waals surface area contributed by atoms with Gasteiger partial charge in [-0.25, -0.2) is 0 Å². The van der Waals surface area contributed by atoms with Crippen LogP contribution in [0.3, 0.4) is 0 Å². The number of carbonyl (C=O) groups excluding carboxylic acids is 1. The minimum atomic E-state index is -0.802. The molecule has 0 rings (SSSR count). The second-order valence-corrected chi connectivity index (χ2v) is 7.66. The van der Waals surface area contributed by atoms with Gasteiger partial charge in [-0.1, -0.05) is 81.1 Å². The molecule has 0 spiro atoms. The van der Waals surface area contributed by atoms with Crippen LogP contribution in [-0.2, 0) is 9.53 Å². The van der Waals surface area contributed by atoms with Crippen molar-refractivity contribution in [2.24, 2.45) is 5.11 Å². The van der Waals surface area contributed by atoms with Gasteiger partial charge in [-0.3, -0.25) is 4.79 Å². The van der Waals surface area contributed by atoms with E-state index in [0.717, 1.165) is 19.3 Å². The van der Waals surface area contributed by atoms with Crippen LogP contribution in [0.1, 0.15) is 97.8 Å². The molecule has 166 valence electrons. The molecule has 29 heavy (non-hydrogen) atoms. The fraction of sp³-hybridized carbons (Fsp3) is 0.783. The zero-order valence-electron chi connectivity index (χ0n) is 18.7. The van der Waals surface area contributed by atoms with E-state index < -0.39 is 18.1 Å². The Hall–Kier alpha value is -1.78. The quantitative estimate of drug-likeness (QED) is 0.0676. The molecule has 1 N–H and O–H groups in total. The normalized spacial score (nSPS) is 13.9. The van der Waals surface area contributed by atoms with Gasteiger partial charge < -0.3 is 9.84 Å². The maximum Gasteiger partial charge on any atom is 0.303 e. The summed E-state index contributed by atoms with van der Waals surface area (Å²) in [7, 11) is 0. The van der Waals surface area contributed by atoms with E-state index in [-0.39, 0.29) is 6.61 Å². The van der Waals surface area contributed by atoms with Crippen LogP contribution in [-0.4, -0.2) is 29.8 Å². The second kappa shape index (κ2) is 19.5. The summed E-state index contributed by atoms with van der Waals surface area (Å²) < 4.78 is 5.13. The molecule has 0 unspecified atom stereocenters. The van der Waals surface area contributed by atoms with Gasteiger partial charge in [-0.2, -0.15) is 0 Å². The summed E-state index contributed by atoms with van der Waals surface area (Å²) in [5, 5.41) is 12.8. The number of allylic oxidation sites excluding steroid dienone is 3. The fourth-order valence-electron chi connectivity index (χ4n) is 3.18. The Morgan fingerprint density at radius 3 is 2.24 bits per heavy atom. The van der Waals surface area contributed by atoms with Gasteiger partial charge in [0.05, 0.1) is 6.61 Å². The summed E-state index contributed by atoms with van der Waals surface area (Å²) in [5.74, 6) is -0.470. The van der Waals surface area contributed by atoms with E-state index in [1.54, 1.807) is 6.08 Å². The maximum absolute atomic E-state index is 11.2. The van der Waals surface area contributed by atoms with E-state index in [2.05, 4.69) is 29.9 Å². The van der Waals surface area contributed by atoms with Crippen molar-refractivity contribution in [1.29, 1.82) is 0 Å². The predicted molar refractivity (Wildman–Crippen MR) is 120 cm³/mol. The Bertz CT molecular complexity index is 525. The SMILES string of the molecule is CCCCCCCCCCC/C(C)=C/CC/C=C/[C@@H](OC(C)=O)[C@H](CO)N=[N+]=[N-]. The molecule has 0 saturated carbocycles. The lowest BCUT2D eigenvalue weighted by molar-refractivity contribution is -0.145. The van der Waals surface area contributed by atoms with Crippen molar-refractivity contribution >= 4 is 5.97 Å². The lowest BCUT2D eigenvalue weighted by atomic mass is 10.0. The summed E-state index contributed by atoms with van der Waals surface area (Å²) in [6.07, 6.45) is 20.1. The van der Waals surface area contributed by atoms with Crippen molar-refractivity contribution in [3.8, 4) is 0 Å². The summed E-state index contributed by atoms with van der Waals surface area (Å²) in [6, 6.07) is -0.802. The van der Waals surface area contributed by atoms with Crippen LogP contribution in [0.5, 0.6) is 0 Å². The molecule has 0 aliphatic carbocycles. The number of rotatable bonds is 18. The maximum atomic E-state index is 11.2. The molecule has 0 fully saturated rings. The minimum absolute atomic E-state index is 0.371. The standard InChI is InChI=1S/C23H41N3O3/c1-4-5-6-7-8-9-10-11-13-16-20(2)17-14-12-15-18-23(29-21(3)28)22(19-27)25-26-24/h15,17-18,22-23,27H,4-14,16,19H2,1-3H3/b18-15+,20-17+/t22-,23+/m0/s1. The fourth-order valence-corrected chi connectivity index (χ4v) is 3.18. The van der Waals surface area contributed by atoms with Crippen LogP contribution < -0.4 is 0 Å². The molecule has 0 saturated heterocycles. The molecule has 6 heteroatoms. The Morgan fingerprint density at radius 2 is 1.69 bits per heavy atom. The second-order valence-electron chi connectivity index (χ2n) is 7.66. The molecule has 0 aliphatic heterocycles. The van der Waals surface area contributed by atoms with E-state index in [4.69, 9.17) is 10.3 Å². The first-order valence-corrected chi connectivity index (χ1v) is 11.2. The number of hydrogen-bond donors (Lipinski definition) is 1. The summed E-state index contributed by atoms with van der Waals surface area (Å²) >= 11 is 0. The summed E-state index contributed by atoms with van der Waals surface area (Å²) in [5.41, 5.74) is 9.98. The summed E-state index contributed by atoms with van der Waals surface area (Å²) in [4.78, 5) is 13.9. The molecule has 0 aromatic heterocycles. The zero-order valence-corrected chi connectivity index (χ0v) is 18.7. The molecule has 0 aromatic rings. The van der Waals surface area contributed by atoms with Crippen molar-refractivity contribution in [2.75, 3.05) is 6.61 Å². The van der Waals surface area contributed by atoms with Crippen molar-refractivity contribution in [3.05, 3.63) is 34.2 Å². The van der Waals surface area contributed by atoms with Crippen LogP contribution in [0, 0.1) is 0 Å². The van der Waals surface area contributed by atoms with Gasteiger partial charge in [0.15, 0.2) is 0 Å². The monoisotopic (exact) mass is 407 g/mol. The highest BCUT2D eigenvalue weighted by molar-refractivity contribution is 5.66. The van der Waals surface area contributed by atoms with Gasteiger partial charge in [0, 0.05) is 11.8 Å². The molecular weight excluding hydrogens is 366 g/mol. The number of carbonyl (C=O) groups is 1. The number of esters is 1. The van der Waals surface area contributed by atoms with Crippen LogP contribution >= 0.6 is 0 Å². The molecular formula is C23H41N3O3. The number of unbranched alkanes of at least 4 members (excludes halogenated alkanes) is 9. The molecule has 0 heterocycles. The lowest BCUT2D eigenvalue weighted by Gasteiger charge is -2.18. The smallest absolute Gasteiger partial charge is 0.303 e. The van der Waals surface area contributed by atoms with Crippen molar-refractivity contribution in [2.45, 2.75) is 110 Å². The van der Waals surface area contributed by atoms with Gasteiger partial charge in [-0.15, -0.1) is 0 Å².